The molecule has 1 N–H and O–H groups in total. The number of benzene rings is 3. The highest BCUT2D eigenvalue weighted by molar-refractivity contribution is 6.31. The van der Waals surface area contributed by atoms with Crippen LogP contribution in [0.4, 0.5) is 5.69 Å². The van der Waals surface area contributed by atoms with Crippen LogP contribution in [0, 0.1) is 6.92 Å². The summed E-state index contributed by atoms with van der Waals surface area (Å²) in [5.74, 6) is -0.207. The number of hydrogen-bond acceptors (Lipinski definition) is 3. The summed E-state index contributed by atoms with van der Waals surface area (Å²) in [6.45, 7) is 1.94. The van der Waals surface area contributed by atoms with Gasteiger partial charge in [-0.25, -0.2) is 0 Å². The second kappa shape index (κ2) is 7.66. The van der Waals surface area contributed by atoms with Crippen molar-refractivity contribution in [3.8, 4) is 5.69 Å². The van der Waals surface area contributed by atoms with Crippen LogP contribution in [-0.2, 0) is 4.79 Å². The zero-order valence-corrected chi connectivity index (χ0v) is 15.9. The van der Waals surface area contributed by atoms with E-state index in [0.717, 1.165) is 22.3 Å². The van der Waals surface area contributed by atoms with Gasteiger partial charge in [-0.1, -0.05) is 48.0 Å². The summed E-state index contributed by atoms with van der Waals surface area (Å²) in [5, 5.41) is 12.5. The van der Waals surface area contributed by atoms with Crippen LogP contribution in [0.15, 0.2) is 72.8 Å². The average molecular weight is 389 g/mol. The molecule has 4 rings (SSSR count). The van der Waals surface area contributed by atoms with Gasteiger partial charge in [0.15, 0.2) is 0 Å². The Labute approximate surface area is 167 Å². The van der Waals surface area contributed by atoms with Crippen molar-refractivity contribution in [2.75, 3.05) is 5.32 Å². The molecule has 4 aromatic rings. The van der Waals surface area contributed by atoms with Crippen LogP contribution in [0.5, 0.6) is 0 Å². The van der Waals surface area contributed by atoms with Crippen molar-refractivity contribution in [3.63, 3.8) is 0 Å². The van der Waals surface area contributed by atoms with Crippen LogP contribution in [0.3, 0.4) is 0 Å². The summed E-state index contributed by atoms with van der Waals surface area (Å²) in [7, 11) is 0. The molecule has 0 radical (unpaired) electrons. The lowest BCUT2D eigenvalue weighted by Gasteiger charge is -2.02. The Morgan fingerprint density at radius 3 is 2.57 bits per heavy atom. The maximum absolute atomic E-state index is 12.2. The van der Waals surface area contributed by atoms with E-state index in [9.17, 15) is 4.79 Å². The topological polar surface area (TPSA) is 59.8 Å². The number of fused-ring (bicyclic) bond motifs is 1. The Hall–Kier alpha value is -3.44. The first-order valence-electron chi connectivity index (χ1n) is 8.76. The van der Waals surface area contributed by atoms with Gasteiger partial charge >= 0.3 is 0 Å². The zero-order valence-electron chi connectivity index (χ0n) is 15.1. The van der Waals surface area contributed by atoms with Gasteiger partial charge in [-0.3, -0.25) is 4.79 Å². The molecule has 0 aliphatic rings. The van der Waals surface area contributed by atoms with Gasteiger partial charge in [0.05, 0.1) is 5.69 Å². The molecule has 3 aromatic carbocycles. The molecule has 6 heteroatoms. The second-order valence-corrected chi connectivity index (χ2v) is 6.77. The minimum absolute atomic E-state index is 0.207. The number of carbonyl (C=O) groups excluding carboxylic acids is 1. The van der Waals surface area contributed by atoms with Crippen molar-refractivity contribution in [1.82, 2.24) is 15.0 Å². The predicted octanol–water partition coefficient (Wildman–Crippen LogP) is 5.03. The van der Waals surface area contributed by atoms with Crippen molar-refractivity contribution < 1.29 is 4.79 Å². The maximum atomic E-state index is 12.2. The van der Waals surface area contributed by atoms with E-state index in [1.165, 1.54) is 10.9 Å². The highest BCUT2D eigenvalue weighted by atomic mass is 35.5. The summed E-state index contributed by atoms with van der Waals surface area (Å²) >= 11 is 6.20. The van der Waals surface area contributed by atoms with Gasteiger partial charge in [-0.05, 0) is 54.5 Å². The summed E-state index contributed by atoms with van der Waals surface area (Å²) in [4.78, 5) is 13.7. The molecule has 1 amide bonds. The molecule has 0 spiro atoms. The van der Waals surface area contributed by atoms with Crippen molar-refractivity contribution in [3.05, 3.63) is 89.0 Å². The Balaban J connectivity index is 1.53. The summed E-state index contributed by atoms with van der Waals surface area (Å²) in [5.41, 5.74) is 4.81. The van der Waals surface area contributed by atoms with E-state index in [1.54, 1.807) is 18.2 Å². The standard InChI is InChI=1S/C22H17ClN4O/c1-15-7-10-18(14-19(15)23)27-25-20-11-9-17(13-21(20)26-27)24-22(28)12-8-16-5-3-2-4-6-16/h2-14H,1H3,(H,24,28)/b12-8+. The lowest BCUT2D eigenvalue weighted by Crippen LogP contribution is -2.07. The number of aryl methyl sites for hydroxylation is 1. The molecule has 0 aliphatic heterocycles. The van der Waals surface area contributed by atoms with Gasteiger partial charge < -0.3 is 5.32 Å². The largest absolute Gasteiger partial charge is 0.322 e. The van der Waals surface area contributed by atoms with Crippen LogP contribution in [0.25, 0.3) is 22.8 Å². The third-order valence-corrected chi connectivity index (χ3v) is 4.67. The molecule has 5 nitrogen and oxygen atoms in total. The quantitative estimate of drug-likeness (QED) is 0.498. The number of rotatable bonds is 4. The Kier molecular flexibility index (Phi) is 4.91. The van der Waals surface area contributed by atoms with Crippen molar-refractivity contribution in [2.45, 2.75) is 6.92 Å². The number of aromatic nitrogens is 3. The third-order valence-electron chi connectivity index (χ3n) is 4.26. The van der Waals surface area contributed by atoms with E-state index in [2.05, 4.69) is 15.5 Å². The number of halogens is 1. The van der Waals surface area contributed by atoms with Crippen molar-refractivity contribution >= 4 is 40.3 Å². The van der Waals surface area contributed by atoms with Crippen molar-refractivity contribution in [2.24, 2.45) is 0 Å². The molecule has 1 aromatic heterocycles. The molecule has 0 unspecified atom stereocenters. The maximum Gasteiger partial charge on any atom is 0.248 e. The average Bonchev–Trinajstić information content (AvgIpc) is 3.13. The first-order valence-corrected chi connectivity index (χ1v) is 9.14. The second-order valence-electron chi connectivity index (χ2n) is 6.36. The molecular weight excluding hydrogens is 372 g/mol. The number of anilines is 1. The van der Waals surface area contributed by atoms with E-state index in [4.69, 9.17) is 11.6 Å². The third kappa shape index (κ3) is 3.94. The van der Waals surface area contributed by atoms with Gasteiger partial charge in [0.2, 0.25) is 5.91 Å². The lowest BCUT2D eigenvalue weighted by atomic mass is 10.2. The van der Waals surface area contributed by atoms with E-state index >= 15 is 0 Å². The number of hydrogen-bond donors (Lipinski definition) is 1. The molecule has 28 heavy (non-hydrogen) atoms. The fourth-order valence-corrected chi connectivity index (χ4v) is 2.91. The van der Waals surface area contributed by atoms with E-state index < -0.39 is 0 Å². The minimum Gasteiger partial charge on any atom is -0.322 e. The Bertz CT molecular complexity index is 1180. The van der Waals surface area contributed by atoms with E-state index in [-0.39, 0.29) is 5.91 Å². The number of amides is 1. The molecular formula is C22H17ClN4O. The first-order chi connectivity index (χ1) is 13.6. The summed E-state index contributed by atoms with van der Waals surface area (Å²) in [6, 6.07) is 20.7. The van der Waals surface area contributed by atoms with Crippen LogP contribution >= 0.6 is 11.6 Å². The van der Waals surface area contributed by atoms with Crippen LogP contribution in [0.1, 0.15) is 11.1 Å². The van der Waals surface area contributed by atoms with Gasteiger partial charge in [0, 0.05) is 16.8 Å². The monoisotopic (exact) mass is 388 g/mol. The number of nitrogens with one attached hydrogen (secondary N) is 1. The molecule has 138 valence electrons. The molecule has 0 bridgehead atoms. The Morgan fingerprint density at radius 2 is 1.79 bits per heavy atom. The van der Waals surface area contributed by atoms with Crippen LogP contribution in [0.2, 0.25) is 5.02 Å². The zero-order chi connectivity index (χ0) is 19.5. The minimum atomic E-state index is -0.207. The molecule has 0 aliphatic carbocycles. The molecule has 0 saturated heterocycles. The van der Waals surface area contributed by atoms with Crippen LogP contribution in [-0.4, -0.2) is 20.9 Å². The van der Waals surface area contributed by atoms with Gasteiger partial charge in [0.1, 0.15) is 11.0 Å². The molecule has 0 fully saturated rings. The lowest BCUT2D eigenvalue weighted by molar-refractivity contribution is -0.111. The number of nitrogens with zero attached hydrogens (tertiary/aromatic N) is 3. The van der Waals surface area contributed by atoms with E-state index in [1.807, 2.05) is 61.5 Å². The molecule has 0 atom stereocenters. The SMILES string of the molecule is Cc1ccc(-n2nc3ccc(NC(=O)/C=C/c4ccccc4)cc3n2)cc1Cl. The van der Waals surface area contributed by atoms with Gasteiger partial charge in [-0.2, -0.15) is 4.80 Å². The van der Waals surface area contributed by atoms with Gasteiger partial charge in [-0.15, -0.1) is 10.2 Å². The molecule has 0 saturated carbocycles. The Morgan fingerprint density at radius 1 is 1.00 bits per heavy atom. The number of carbonyl (C=O) groups is 1. The fraction of sp³-hybridized carbons (Fsp3) is 0.0455. The molecule has 1 heterocycles. The predicted molar refractivity (Wildman–Crippen MR) is 113 cm³/mol. The van der Waals surface area contributed by atoms with Crippen molar-refractivity contribution in [1.29, 1.82) is 0 Å². The van der Waals surface area contributed by atoms with E-state index in [0.29, 0.717) is 16.2 Å². The normalized spacial score (nSPS) is 11.2. The highest BCUT2D eigenvalue weighted by Crippen LogP contribution is 2.21. The first kappa shape index (κ1) is 17.9. The highest BCUT2D eigenvalue weighted by Gasteiger charge is 2.08. The van der Waals surface area contributed by atoms with Crippen LogP contribution < -0.4 is 5.32 Å². The van der Waals surface area contributed by atoms with Gasteiger partial charge in [0.25, 0.3) is 0 Å². The smallest absolute Gasteiger partial charge is 0.248 e. The summed E-state index contributed by atoms with van der Waals surface area (Å²) in [6.07, 6.45) is 3.27. The fourth-order valence-electron chi connectivity index (χ4n) is 2.73. The summed E-state index contributed by atoms with van der Waals surface area (Å²) < 4.78 is 0.